The van der Waals surface area contributed by atoms with Gasteiger partial charge in [0, 0.05) is 12.6 Å². The van der Waals surface area contributed by atoms with Crippen LogP contribution in [0, 0.1) is 6.92 Å². The van der Waals surface area contributed by atoms with E-state index >= 15 is 0 Å². The summed E-state index contributed by atoms with van der Waals surface area (Å²) in [6.07, 6.45) is 0. The van der Waals surface area contributed by atoms with Gasteiger partial charge in [-0.1, -0.05) is 60.2 Å². The zero-order chi connectivity index (χ0) is 20.3. The van der Waals surface area contributed by atoms with Crippen molar-refractivity contribution in [3.63, 3.8) is 0 Å². The van der Waals surface area contributed by atoms with Gasteiger partial charge < -0.3 is 16.4 Å². The molecule has 2 atom stereocenters. The fourth-order valence-electron chi connectivity index (χ4n) is 3.16. The molecular weight excluding hydrogens is 392 g/mol. The lowest BCUT2D eigenvalue weighted by atomic mass is 9.91. The fourth-order valence-corrected chi connectivity index (χ4v) is 3.16. The number of hydrogen-bond acceptors (Lipinski definition) is 4. The smallest absolute Gasteiger partial charge is 0.325 e. The van der Waals surface area contributed by atoms with Gasteiger partial charge in [-0.2, -0.15) is 0 Å². The maximum Gasteiger partial charge on any atom is 0.325 e. The number of amides is 4. The van der Waals surface area contributed by atoms with Crippen molar-refractivity contribution in [3.8, 4) is 0 Å². The van der Waals surface area contributed by atoms with Crippen LogP contribution in [0.3, 0.4) is 0 Å². The van der Waals surface area contributed by atoms with E-state index < -0.39 is 23.4 Å². The van der Waals surface area contributed by atoms with Crippen molar-refractivity contribution in [3.05, 3.63) is 71.3 Å². The van der Waals surface area contributed by atoms with Gasteiger partial charge in [0.25, 0.3) is 5.91 Å². The predicted molar refractivity (Wildman–Crippen MR) is 112 cm³/mol. The average Bonchev–Trinajstić information content (AvgIpc) is 2.91. The molecule has 0 saturated carbocycles. The largest absolute Gasteiger partial charge is 0.353 e. The SMILES string of the molecule is Cc1ccc(C2(C)NC(=O)N(CC(=O)NCC(N)c3ccccc3)C2=O)cc1.Cl. The number of nitrogens with zero attached hydrogens (tertiary/aromatic N) is 1. The Morgan fingerprint density at radius 2 is 1.76 bits per heavy atom. The Hall–Kier alpha value is -2.90. The third-order valence-corrected chi connectivity index (χ3v) is 4.95. The summed E-state index contributed by atoms with van der Waals surface area (Å²) in [5.41, 5.74) is 7.49. The molecule has 29 heavy (non-hydrogen) atoms. The number of benzene rings is 2. The number of urea groups is 1. The van der Waals surface area contributed by atoms with Crippen molar-refractivity contribution in [1.29, 1.82) is 0 Å². The highest BCUT2D eigenvalue weighted by Crippen LogP contribution is 2.28. The van der Waals surface area contributed by atoms with E-state index in [1.165, 1.54) is 0 Å². The fraction of sp³-hybridized carbons (Fsp3) is 0.286. The first-order valence-electron chi connectivity index (χ1n) is 9.10. The number of aryl methyl sites for hydroxylation is 1. The van der Waals surface area contributed by atoms with Gasteiger partial charge in [0.2, 0.25) is 5.91 Å². The van der Waals surface area contributed by atoms with Gasteiger partial charge in [-0.05, 0) is 25.0 Å². The highest BCUT2D eigenvalue weighted by atomic mass is 35.5. The molecule has 0 spiro atoms. The molecule has 154 valence electrons. The normalized spacial score (nSPS) is 19.3. The first-order chi connectivity index (χ1) is 13.3. The lowest BCUT2D eigenvalue weighted by Gasteiger charge is -2.22. The molecule has 1 heterocycles. The quantitative estimate of drug-likeness (QED) is 0.626. The van der Waals surface area contributed by atoms with Crippen molar-refractivity contribution in [2.45, 2.75) is 25.4 Å². The average molecular weight is 417 g/mol. The van der Waals surface area contributed by atoms with Crippen LogP contribution < -0.4 is 16.4 Å². The molecule has 1 aliphatic heterocycles. The molecule has 4 N–H and O–H groups in total. The number of rotatable bonds is 6. The van der Waals surface area contributed by atoms with Crippen LogP contribution in [0.5, 0.6) is 0 Å². The molecule has 2 aromatic rings. The van der Waals surface area contributed by atoms with Gasteiger partial charge in [0.05, 0.1) is 0 Å². The van der Waals surface area contributed by atoms with Crippen molar-refractivity contribution >= 4 is 30.3 Å². The number of hydrogen-bond donors (Lipinski definition) is 3. The van der Waals surface area contributed by atoms with E-state index in [9.17, 15) is 14.4 Å². The van der Waals surface area contributed by atoms with Crippen LogP contribution in [0.25, 0.3) is 0 Å². The molecule has 1 fully saturated rings. The Balaban J connectivity index is 0.00000300. The standard InChI is InChI=1S/C21H24N4O3.ClH/c1-14-8-10-16(11-9-14)21(2)19(27)25(20(28)24-21)13-18(26)23-12-17(22)15-6-4-3-5-7-15;/h3-11,17H,12-13,22H2,1-2H3,(H,23,26)(H,24,28);1H. The van der Waals surface area contributed by atoms with E-state index in [1.54, 1.807) is 19.1 Å². The highest BCUT2D eigenvalue weighted by Gasteiger charge is 2.49. The van der Waals surface area contributed by atoms with Gasteiger partial charge in [-0.3, -0.25) is 14.5 Å². The molecule has 1 aliphatic rings. The maximum atomic E-state index is 12.9. The minimum absolute atomic E-state index is 0. The lowest BCUT2D eigenvalue weighted by Crippen LogP contribution is -2.44. The Kier molecular flexibility index (Phi) is 7.00. The Labute approximate surface area is 176 Å². The third kappa shape index (κ3) is 4.75. The summed E-state index contributed by atoms with van der Waals surface area (Å²) >= 11 is 0. The molecule has 0 radical (unpaired) electrons. The van der Waals surface area contributed by atoms with Crippen molar-refractivity contribution in [2.75, 3.05) is 13.1 Å². The van der Waals surface area contributed by atoms with Crippen LogP contribution in [0.15, 0.2) is 54.6 Å². The van der Waals surface area contributed by atoms with Gasteiger partial charge >= 0.3 is 6.03 Å². The van der Waals surface area contributed by atoms with E-state index in [0.29, 0.717) is 5.56 Å². The zero-order valence-electron chi connectivity index (χ0n) is 16.3. The van der Waals surface area contributed by atoms with Crippen LogP contribution in [0.1, 0.15) is 29.7 Å². The number of carbonyl (C=O) groups excluding carboxylic acids is 3. The molecule has 3 rings (SSSR count). The van der Waals surface area contributed by atoms with Crippen LogP contribution in [0.4, 0.5) is 4.79 Å². The van der Waals surface area contributed by atoms with E-state index in [0.717, 1.165) is 16.0 Å². The maximum absolute atomic E-state index is 12.9. The molecule has 2 aromatic carbocycles. The molecular formula is C21H25ClN4O3. The minimum Gasteiger partial charge on any atom is -0.353 e. The monoisotopic (exact) mass is 416 g/mol. The van der Waals surface area contributed by atoms with Gasteiger partial charge in [0.15, 0.2) is 0 Å². The second-order valence-corrected chi connectivity index (χ2v) is 7.13. The number of carbonyl (C=O) groups is 3. The van der Waals surface area contributed by atoms with Gasteiger partial charge in [0.1, 0.15) is 12.1 Å². The molecule has 4 amide bonds. The second kappa shape index (κ2) is 9.07. The Bertz CT molecular complexity index is 889. The third-order valence-electron chi connectivity index (χ3n) is 4.95. The van der Waals surface area contributed by atoms with Crippen LogP contribution in [0.2, 0.25) is 0 Å². The Morgan fingerprint density at radius 3 is 2.38 bits per heavy atom. The van der Waals surface area contributed by atoms with Crippen molar-refractivity contribution < 1.29 is 14.4 Å². The summed E-state index contributed by atoms with van der Waals surface area (Å²) in [4.78, 5) is 38.4. The van der Waals surface area contributed by atoms with Crippen LogP contribution in [-0.4, -0.2) is 35.8 Å². The predicted octanol–water partition coefficient (Wildman–Crippen LogP) is 2.00. The first kappa shape index (κ1) is 22.4. The van der Waals surface area contributed by atoms with Crippen LogP contribution in [-0.2, 0) is 15.1 Å². The molecule has 0 aliphatic carbocycles. The van der Waals surface area contributed by atoms with Crippen molar-refractivity contribution in [2.24, 2.45) is 5.73 Å². The van der Waals surface area contributed by atoms with Crippen molar-refractivity contribution in [1.82, 2.24) is 15.5 Å². The van der Waals surface area contributed by atoms with Crippen LogP contribution >= 0.6 is 12.4 Å². The molecule has 7 nitrogen and oxygen atoms in total. The number of nitrogens with one attached hydrogen (secondary N) is 2. The van der Waals surface area contributed by atoms with Gasteiger partial charge in [-0.25, -0.2) is 4.79 Å². The Morgan fingerprint density at radius 1 is 1.14 bits per heavy atom. The number of imide groups is 1. The summed E-state index contributed by atoms with van der Waals surface area (Å²) in [6.45, 7) is 3.44. The number of halogens is 1. The topological polar surface area (TPSA) is 105 Å². The summed E-state index contributed by atoms with van der Waals surface area (Å²) in [7, 11) is 0. The van der Waals surface area contributed by atoms with E-state index in [1.807, 2.05) is 49.4 Å². The van der Waals surface area contributed by atoms with E-state index in [2.05, 4.69) is 10.6 Å². The molecule has 0 aromatic heterocycles. The molecule has 8 heteroatoms. The highest BCUT2D eigenvalue weighted by molar-refractivity contribution is 6.09. The first-order valence-corrected chi connectivity index (χ1v) is 9.10. The second-order valence-electron chi connectivity index (χ2n) is 7.13. The molecule has 2 unspecified atom stereocenters. The van der Waals surface area contributed by atoms with Gasteiger partial charge in [-0.15, -0.1) is 12.4 Å². The lowest BCUT2D eigenvalue weighted by molar-refractivity contribution is -0.134. The minimum atomic E-state index is -1.19. The van der Waals surface area contributed by atoms with E-state index in [-0.39, 0.29) is 31.5 Å². The summed E-state index contributed by atoms with van der Waals surface area (Å²) in [5, 5.41) is 5.38. The molecule has 1 saturated heterocycles. The zero-order valence-corrected chi connectivity index (χ0v) is 17.2. The summed E-state index contributed by atoms with van der Waals surface area (Å²) in [5.74, 6) is -0.896. The summed E-state index contributed by atoms with van der Waals surface area (Å²) < 4.78 is 0. The number of nitrogens with two attached hydrogens (primary N) is 1. The summed E-state index contributed by atoms with van der Waals surface area (Å²) in [6, 6.07) is 15.8. The molecule has 0 bridgehead atoms. The van der Waals surface area contributed by atoms with E-state index in [4.69, 9.17) is 5.73 Å².